The Morgan fingerprint density at radius 2 is 1.77 bits per heavy atom. The molecular formula is C13H23NO7S. The molecule has 1 aliphatic rings. The van der Waals surface area contributed by atoms with Crippen LogP contribution in [0.4, 0.5) is 0 Å². The maximum atomic E-state index is 11.7. The number of hydrogen-bond acceptors (Lipinski definition) is 7. The Labute approximate surface area is 130 Å². The molecule has 1 fully saturated rings. The third kappa shape index (κ3) is 7.71. The van der Waals surface area contributed by atoms with Gasteiger partial charge in [-0.1, -0.05) is 0 Å². The van der Waals surface area contributed by atoms with Crippen LogP contribution in [0.2, 0.25) is 0 Å². The number of methoxy groups -OCH3 is 1. The molecular weight excluding hydrogens is 314 g/mol. The molecule has 128 valence electrons. The van der Waals surface area contributed by atoms with Gasteiger partial charge in [0.15, 0.2) is 0 Å². The van der Waals surface area contributed by atoms with E-state index in [9.17, 15) is 18.0 Å². The van der Waals surface area contributed by atoms with Crippen LogP contribution in [0.5, 0.6) is 0 Å². The minimum atomic E-state index is -3.48. The first-order valence-corrected chi connectivity index (χ1v) is 8.93. The highest BCUT2D eigenvalue weighted by molar-refractivity contribution is 7.85. The van der Waals surface area contributed by atoms with Gasteiger partial charge in [-0.15, -0.1) is 0 Å². The Morgan fingerprint density at radius 1 is 1.14 bits per heavy atom. The lowest BCUT2D eigenvalue weighted by atomic mass is 9.86. The molecule has 1 rings (SSSR count). The first kappa shape index (κ1) is 18.9. The van der Waals surface area contributed by atoms with E-state index in [-0.39, 0.29) is 43.7 Å². The summed E-state index contributed by atoms with van der Waals surface area (Å²) in [5.41, 5.74) is 0. The second-order valence-corrected chi connectivity index (χ2v) is 6.86. The van der Waals surface area contributed by atoms with Crippen molar-refractivity contribution in [3.05, 3.63) is 0 Å². The minimum Gasteiger partial charge on any atom is -0.469 e. The summed E-state index contributed by atoms with van der Waals surface area (Å²) in [6, 6.07) is 0.0317. The van der Waals surface area contributed by atoms with Crippen LogP contribution in [0.25, 0.3) is 0 Å². The molecule has 0 bridgehead atoms. The SMILES string of the molecule is COC(=O)C1CCC(NC(=O)COCCOS(C)(=O)=O)CC1. The normalized spacial score (nSPS) is 22.1. The standard InChI is InChI=1S/C13H23NO7S/c1-19-13(16)10-3-5-11(6-4-10)14-12(15)9-20-7-8-21-22(2,17)18/h10-11H,3-9H2,1-2H3,(H,14,15). The van der Waals surface area contributed by atoms with Crippen molar-refractivity contribution in [2.45, 2.75) is 31.7 Å². The van der Waals surface area contributed by atoms with Crippen LogP contribution in [-0.4, -0.2) is 59.5 Å². The lowest BCUT2D eigenvalue weighted by Crippen LogP contribution is -2.40. The number of hydrogen-bond donors (Lipinski definition) is 1. The third-order valence-corrected chi connectivity index (χ3v) is 3.98. The van der Waals surface area contributed by atoms with Crippen molar-refractivity contribution < 1.29 is 31.7 Å². The van der Waals surface area contributed by atoms with E-state index in [0.717, 1.165) is 19.1 Å². The molecule has 1 amide bonds. The van der Waals surface area contributed by atoms with Gasteiger partial charge in [0.25, 0.3) is 10.1 Å². The van der Waals surface area contributed by atoms with Gasteiger partial charge < -0.3 is 14.8 Å². The summed E-state index contributed by atoms with van der Waals surface area (Å²) in [5.74, 6) is -0.539. The van der Waals surface area contributed by atoms with E-state index >= 15 is 0 Å². The molecule has 0 heterocycles. The van der Waals surface area contributed by atoms with Gasteiger partial charge in [-0.25, -0.2) is 0 Å². The lowest BCUT2D eigenvalue weighted by Gasteiger charge is -2.27. The van der Waals surface area contributed by atoms with E-state index in [1.165, 1.54) is 7.11 Å². The number of carbonyl (C=O) groups excluding carboxylic acids is 2. The summed E-state index contributed by atoms with van der Waals surface area (Å²) in [6.45, 7) is -0.240. The topological polar surface area (TPSA) is 108 Å². The van der Waals surface area contributed by atoms with Crippen molar-refractivity contribution in [3.8, 4) is 0 Å². The van der Waals surface area contributed by atoms with Crippen LogP contribution in [0.3, 0.4) is 0 Å². The molecule has 0 saturated heterocycles. The van der Waals surface area contributed by atoms with E-state index in [0.29, 0.717) is 12.8 Å². The van der Waals surface area contributed by atoms with Crippen molar-refractivity contribution in [1.29, 1.82) is 0 Å². The number of nitrogens with one attached hydrogen (secondary N) is 1. The highest BCUT2D eigenvalue weighted by Crippen LogP contribution is 2.25. The average molecular weight is 337 g/mol. The molecule has 22 heavy (non-hydrogen) atoms. The molecule has 1 aliphatic carbocycles. The van der Waals surface area contributed by atoms with Crippen LogP contribution in [0, 0.1) is 5.92 Å². The van der Waals surface area contributed by atoms with Crippen LogP contribution < -0.4 is 5.32 Å². The van der Waals surface area contributed by atoms with Gasteiger partial charge in [-0.3, -0.25) is 13.8 Å². The van der Waals surface area contributed by atoms with Gasteiger partial charge in [-0.05, 0) is 25.7 Å². The van der Waals surface area contributed by atoms with E-state index in [1.54, 1.807) is 0 Å². The first-order chi connectivity index (χ1) is 10.3. The van der Waals surface area contributed by atoms with Crippen molar-refractivity contribution >= 4 is 22.0 Å². The predicted molar refractivity (Wildman–Crippen MR) is 77.5 cm³/mol. The highest BCUT2D eigenvalue weighted by Gasteiger charge is 2.27. The summed E-state index contributed by atoms with van der Waals surface area (Å²) in [4.78, 5) is 23.0. The van der Waals surface area contributed by atoms with Gasteiger partial charge in [0.05, 0.1) is 32.5 Å². The van der Waals surface area contributed by atoms with Gasteiger partial charge in [0.1, 0.15) is 6.61 Å². The molecule has 0 spiro atoms. The molecule has 0 aliphatic heterocycles. The molecule has 1 saturated carbocycles. The minimum absolute atomic E-state index is 0.0234. The maximum Gasteiger partial charge on any atom is 0.308 e. The van der Waals surface area contributed by atoms with E-state index in [2.05, 4.69) is 9.50 Å². The van der Waals surface area contributed by atoms with E-state index in [4.69, 9.17) is 9.47 Å². The molecule has 0 aromatic carbocycles. The fourth-order valence-electron chi connectivity index (χ4n) is 2.32. The van der Waals surface area contributed by atoms with E-state index < -0.39 is 10.1 Å². The molecule has 1 N–H and O–H groups in total. The Hall–Kier alpha value is -1.19. The predicted octanol–water partition coefficient (Wildman–Crippen LogP) is -0.173. The van der Waals surface area contributed by atoms with Gasteiger partial charge >= 0.3 is 5.97 Å². The summed E-state index contributed by atoms with van der Waals surface area (Å²) in [7, 11) is -2.10. The lowest BCUT2D eigenvalue weighted by molar-refractivity contribution is -0.146. The summed E-state index contributed by atoms with van der Waals surface area (Å²) < 4.78 is 35.6. The molecule has 0 radical (unpaired) electrons. The first-order valence-electron chi connectivity index (χ1n) is 7.11. The quantitative estimate of drug-likeness (QED) is 0.372. The van der Waals surface area contributed by atoms with Crippen LogP contribution in [-0.2, 0) is 33.4 Å². The Bertz CT molecular complexity index is 469. The van der Waals surface area contributed by atoms with Gasteiger partial charge in [0, 0.05) is 6.04 Å². The zero-order chi connectivity index (χ0) is 16.6. The maximum absolute atomic E-state index is 11.7. The zero-order valence-electron chi connectivity index (χ0n) is 12.9. The van der Waals surface area contributed by atoms with Crippen molar-refractivity contribution in [2.24, 2.45) is 5.92 Å². The fourth-order valence-corrected chi connectivity index (χ4v) is 2.69. The number of ether oxygens (including phenoxy) is 2. The third-order valence-electron chi connectivity index (χ3n) is 3.39. The van der Waals surface area contributed by atoms with Gasteiger partial charge in [0.2, 0.25) is 5.91 Å². The molecule has 8 nitrogen and oxygen atoms in total. The van der Waals surface area contributed by atoms with Crippen LogP contribution in [0.1, 0.15) is 25.7 Å². The van der Waals surface area contributed by atoms with Crippen LogP contribution >= 0.6 is 0 Å². The second-order valence-electron chi connectivity index (χ2n) is 5.22. The highest BCUT2D eigenvalue weighted by atomic mass is 32.2. The number of rotatable bonds is 8. The van der Waals surface area contributed by atoms with Gasteiger partial charge in [-0.2, -0.15) is 8.42 Å². The Morgan fingerprint density at radius 3 is 2.32 bits per heavy atom. The number of carbonyl (C=O) groups is 2. The average Bonchev–Trinajstić information content (AvgIpc) is 2.45. The van der Waals surface area contributed by atoms with Crippen molar-refractivity contribution in [1.82, 2.24) is 5.32 Å². The molecule has 0 atom stereocenters. The Balaban J connectivity index is 2.12. The van der Waals surface area contributed by atoms with Crippen molar-refractivity contribution in [3.63, 3.8) is 0 Å². The summed E-state index contributed by atoms with van der Waals surface area (Å²) in [6.07, 6.45) is 3.79. The summed E-state index contributed by atoms with van der Waals surface area (Å²) in [5, 5.41) is 2.83. The second kappa shape index (κ2) is 9.06. The fraction of sp³-hybridized carbons (Fsp3) is 0.846. The Kier molecular flexibility index (Phi) is 7.77. The van der Waals surface area contributed by atoms with Crippen molar-refractivity contribution in [2.75, 3.05) is 33.2 Å². The zero-order valence-corrected chi connectivity index (χ0v) is 13.7. The smallest absolute Gasteiger partial charge is 0.308 e. The molecule has 0 aromatic heterocycles. The number of amides is 1. The largest absolute Gasteiger partial charge is 0.469 e. The summed E-state index contributed by atoms with van der Waals surface area (Å²) >= 11 is 0. The van der Waals surface area contributed by atoms with E-state index in [1.807, 2.05) is 0 Å². The van der Waals surface area contributed by atoms with Crippen LogP contribution in [0.15, 0.2) is 0 Å². The monoisotopic (exact) mass is 337 g/mol. The molecule has 9 heteroatoms. The number of esters is 1. The molecule has 0 unspecified atom stereocenters. The molecule has 0 aromatic rings.